The highest BCUT2D eigenvalue weighted by molar-refractivity contribution is 5.57. The number of aryl methyl sites for hydroxylation is 1. The molecule has 1 heterocycles. The predicted octanol–water partition coefficient (Wildman–Crippen LogP) is 3.43. The van der Waals surface area contributed by atoms with Crippen molar-refractivity contribution in [3.8, 4) is 23.3 Å². The summed E-state index contributed by atoms with van der Waals surface area (Å²) in [4.78, 5) is 0. The van der Waals surface area contributed by atoms with Crippen LogP contribution in [0.1, 0.15) is 11.3 Å². The number of ether oxygens (including phenoxy) is 1. The van der Waals surface area contributed by atoms with Crippen LogP contribution in [0.4, 0.5) is 5.69 Å². The molecule has 1 aromatic heterocycles. The van der Waals surface area contributed by atoms with E-state index in [1.54, 1.807) is 41.1 Å². The highest BCUT2D eigenvalue weighted by Crippen LogP contribution is 2.30. The van der Waals surface area contributed by atoms with Crippen molar-refractivity contribution in [2.45, 2.75) is 6.92 Å². The third-order valence-corrected chi connectivity index (χ3v) is 3.14. The van der Waals surface area contributed by atoms with Crippen LogP contribution < -0.4 is 10.5 Å². The number of nitriles is 1. The summed E-state index contributed by atoms with van der Waals surface area (Å²) in [6, 6.07) is 16.4. The number of rotatable bonds is 3. The molecule has 22 heavy (non-hydrogen) atoms. The first-order valence-corrected chi connectivity index (χ1v) is 6.76. The Morgan fingerprint density at radius 2 is 2.05 bits per heavy atom. The Labute approximate surface area is 128 Å². The standard InChI is InChI=1S/C17H14N4O/c1-12-7-8-21(20-12)16-6-5-14(19)10-17(16)22-15-4-2-3-13(9-15)11-18/h2-10H,19H2,1H3. The van der Waals surface area contributed by atoms with Gasteiger partial charge in [-0.2, -0.15) is 10.4 Å². The molecule has 5 nitrogen and oxygen atoms in total. The van der Waals surface area contributed by atoms with E-state index in [-0.39, 0.29) is 0 Å². The highest BCUT2D eigenvalue weighted by atomic mass is 16.5. The molecule has 0 unspecified atom stereocenters. The van der Waals surface area contributed by atoms with Crippen molar-refractivity contribution in [3.05, 3.63) is 66.0 Å². The van der Waals surface area contributed by atoms with Crippen LogP contribution in [0.5, 0.6) is 11.5 Å². The molecule has 0 saturated heterocycles. The van der Waals surface area contributed by atoms with E-state index in [1.165, 1.54) is 0 Å². The van der Waals surface area contributed by atoms with Gasteiger partial charge in [-0.05, 0) is 43.3 Å². The number of benzene rings is 2. The van der Waals surface area contributed by atoms with Crippen LogP contribution in [-0.2, 0) is 0 Å². The minimum absolute atomic E-state index is 0.540. The lowest BCUT2D eigenvalue weighted by Gasteiger charge is -2.12. The molecule has 0 radical (unpaired) electrons. The third-order valence-electron chi connectivity index (χ3n) is 3.14. The number of nitrogens with zero attached hydrogens (tertiary/aromatic N) is 3. The quantitative estimate of drug-likeness (QED) is 0.750. The van der Waals surface area contributed by atoms with Crippen LogP contribution in [0.25, 0.3) is 5.69 Å². The summed E-state index contributed by atoms with van der Waals surface area (Å²) in [5.41, 5.74) is 8.69. The highest BCUT2D eigenvalue weighted by Gasteiger charge is 2.09. The van der Waals surface area contributed by atoms with Gasteiger partial charge in [0.05, 0.1) is 17.3 Å². The molecule has 0 saturated carbocycles. The van der Waals surface area contributed by atoms with E-state index in [2.05, 4.69) is 11.2 Å². The fourth-order valence-corrected chi connectivity index (χ4v) is 2.11. The van der Waals surface area contributed by atoms with Gasteiger partial charge in [-0.15, -0.1) is 0 Å². The van der Waals surface area contributed by atoms with Gasteiger partial charge in [0, 0.05) is 18.0 Å². The Kier molecular flexibility index (Phi) is 3.50. The average Bonchev–Trinajstić information content (AvgIpc) is 2.94. The monoisotopic (exact) mass is 290 g/mol. The van der Waals surface area contributed by atoms with E-state index in [0.717, 1.165) is 11.4 Å². The number of aromatic nitrogens is 2. The zero-order chi connectivity index (χ0) is 15.5. The number of nitrogen functional groups attached to an aromatic ring is 1. The fourth-order valence-electron chi connectivity index (χ4n) is 2.11. The second-order valence-corrected chi connectivity index (χ2v) is 4.87. The summed E-state index contributed by atoms with van der Waals surface area (Å²) in [6.45, 7) is 1.92. The van der Waals surface area contributed by atoms with E-state index in [9.17, 15) is 0 Å². The Balaban J connectivity index is 2.02. The molecule has 0 spiro atoms. The lowest BCUT2D eigenvalue weighted by atomic mass is 10.2. The van der Waals surface area contributed by atoms with E-state index < -0.39 is 0 Å². The van der Waals surface area contributed by atoms with Gasteiger partial charge in [-0.1, -0.05) is 6.07 Å². The topological polar surface area (TPSA) is 76.9 Å². The number of nitrogens with two attached hydrogens (primary N) is 1. The third kappa shape index (κ3) is 2.76. The zero-order valence-electron chi connectivity index (χ0n) is 12.0. The summed E-state index contributed by atoms with van der Waals surface area (Å²) in [7, 11) is 0. The van der Waals surface area contributed by atoms with Gasteiger partial charge in [0.25, 0.3) is 0 Å². The molecule has 3 rings (SSSR count). The average molecular weight is 290 g/mol. The molecule has 3 aromatic rings. The largest absolute Gasteiger partial charge is 0.455 e. The summed E-state index contributed by atoms with van der Waals surface area (Å²) in [6.07, 6.45) is 1.86. The molecule has 0 aliphatic rings. The molecule has 5 heteroatoms. The molecule has 0 aliphatic heterocycles. The molecule has 0 aliphatic carbocycles. The Morgan fingerprint density at radius 1 is 1.18 bits per heavy atom. The molecule has 0 fully saturated rings. The summed E-state index contributed by atoms with van der Waals surface area (Å²) in [5, 5.41) is 13.4. The lowest BCUT2D eigenvalue weighted by molar-refractivity contribution is 0.478. The SMILES string of the molecule is Cc1ccn(-c2ccc(N)cc2Oc2cccc(C#N)c2)n1. The molecule has 108 valence electrons. The lowest BCUT2D eigenvalue weighted by Crippen LogP contribution is -2.00. The maximum atomic E-state index is 8.97. The Bertz CT molecular complexity index is 861. The molecule has 2 aromatic carbocycles. The summed E-state index contributed by atoms with van der Waals surface area (Å²) < 4.78 is 7.64. The van der Waals surface area contributed by atoms with Crippen LogP contribution in [0.15, 0.2) is 54.7 Å². The first-order chi connectivity index (χ1) is 10.7. The summed E-state index contributed by atoms with van der Waals surface area (Å²) >= 11 is 0. The van der Waals surface area contributed by atoms with Gasteiger partial charge < -0.3 is 10.5 Å². The van der Waals surface area contributed by atoms with Gasteiger partial charge in [-0.25, -0.2) is 4.68 Å². The normalized spacial score (nSPS) is 10.2. The van der Waals surface area contributed by atoms with E-state index in [1.807, 2.05) is 25.3 Å². The van der Waals surface area contributed by atoms with E-state index >= 15 is 0 Å². The van der Waals surface area contributed by atoms with Crippen molar-refractivity contribution >= 4 is 5.69 Å². The van der Waals surface area contributed by atoms with Crippen LogP contribution in [0.2, 0.25) is 0 Å². The van der Waals surface area contributed by atoms with Crippen molar-refractivity contribution < 1.29 is 4.74 Å². The van der Waals surface area contributed by atoms with Gasteiger partial charge in [0.15, 0.2) is 5.75 Å². The van der Waals surface area contributed by atoms with Crippen molar-refractivity contribution in [1.82, 2.24) is 9.78 Å². The molecule has 0 atom stereocenters. The smallest absolute Gasteiger partial charge is 0.155 e. The van der Waals surface area contributed by atoms with Crippen LogP contribution in [0.3, 0.4) is 0 Å². The predicted molar refractivity (Wildman–Crippen MR) is 83.9 cm³/mol. The van der Waals surface area contributed by atoms with Gasteiger partial charge in [0.1, 0.15) is 11.4 Å². The minimum atomic E-state index is 0.540. The molecular formula is C17H14N4O. The van der Waals surface area contributed by atoms with Gasteiger partial charge in [-0.3, -0.25) is 0 Å². The molecule has 0 amide bonds. The van der Waals surface area contributed by atoms with Crippen molar-refractivity contribution in [1.29, 1.82) is 5.26 Å². The second kappa shape index (κ2) is 5.62. The van der Waals surface area contributed by atoms with Crippen LogP contribution in [0, 0.1) is 18.3 Å². The minimum Gasteiger partial charge on any atom is -0.455 e. The van der Waals surface area contributed by atoms with Gasteiger partial charge in [0.2, 0.25) is 0 Å². The maximum absolute atomic E-state index is 8.97. The molecule has 0 bridgehead atoms. The first kappa shape index (κ1) is 13.7. The van der Waals surface area contributed by atoms with E-state index in [0.29, 0.717) is 22.7 Å². The first-order valence-electron chi connectivity index (χ1n) is 6.76. The van der Waals surface area contributed by atoms with Crippen molar-refractivity contribution in [3.63, 3.8) is 0 Å². The van der Waals surface area contributed by atoms with Gasteiger partial charge >= 0.3 is 0 Å². The molecular weight excluding hydrogens is 276 g/mol. The Morgan fingerprint density at radius 3 is 2.77 bits per heavy atom. The van der Waals surface area contributed by atoms with E-state index in [4.69, 9.17) is 15.7 Å². The van der Waals surface area contributed by atoms with Crippen molar-refractivity contribution in [2.24, 2.45) is 0 Å². The fraction of sp³-hybridized carbons (Fsp3) is 0.0588. The zero-order valence-corrected chi connectivity index (χ0v) is 12.0. The summed E-state index contributed by atoms with van der Waals surface area (Å²) in [5.74, 6) is 1.16. The number of hydrogen-bond donors (Lipinski definition) is 1. The Hall–Kier alpha value is -3.26. The van der Waals surface area contributed by atoms with Crippen LogP contribution >= 0.6 is 0 Å². The molecule has 2 N–H and O–H groups in total. The van der Waals surface area contributed by atoms with Crippen molar-refractivity contribution in [2.75, 3.05) is 5.73 Å². The second-order valence-electron chi connectivity index (χ2n) is 4.87. The maximum Gasteiger partial charge on any atom is 0.155 e. The van der Waals surface area contributed by atoms with Crippen LogP contribution in [-0.4, -0.2) is 9.78 Å². The number of hydrogen-bond acceptors (Lipinski definition) is 4. The number of anilines is 1.